The van der Waals surface area contributed by atoms with E-state index in [1.165, 1.54) is 6.42 Å². The molecule has 0 aliphatic heterocycles. The van der Waals surface area contributed by atoms with E-state index in [1.807, 2.05) is 0 Å². The number of amides is 3. The third kappa shape index (κ3) is 6.60. The van der Waals surface area contributed by atoms with Crippen LogP contribution in [0.25, 0.3) is 0 Å². The van der Waals surface area contributed by atoms with Crippen molar-refractivity contribution in [3.8, 4) is 0 Å². The summed E-state index contributed by atoms with van der Waals surface area (Å²) in [6.45, 7) is 5.49. The highest BCUT2D eigenvalue weighted by Crippen LogP contribution is 2.25. The van der Waals surface area contributed by atoms with E-state index in [-0.39, 0.29) is 18.9 Å². The Morgan fingerprint density at radius 1 is 1.14 bits per heavy atom. The van der Waals surface area contributed by atoms with Gasteiger partial charge in [-0.25, -0.2) is 4.79 Å². The SMILES string of the molecule is CC1CCCCC1NC(=O)NC(=O)CC(C)(C)CC(=O)O. The number of hydrogen-bond acceptors (Lipinski definition) is 3. The molecule has 0 aromatic rings. The third-order valence-electron chi connectivity index (χ3n) is 3.95. The highest BCUT2D eigenvalue weighted by atomic mass is 16.4. The van der Waals surface area contributed by atoms with E-state index in [9.17, 15) is 14.4 Å². The molecule has 120 valence electrons. The van der Waals surface area contributed by atoms with Gasteiger partial charge < -0.3 is 10.4 Å². The fraction of sp³-hybridized carbons (Fsp3) is 0.800. The Morgan fingerprint density at radius 2 is 1.76 bits per heavy atom. The van der Waals surface area contributed by atoms with Gasteiger partial charge in [0, 0.05) is 12.5 Å². The number of hydrogen-bond donors (Lipinski definition) is 3. The molecule has 6 heteroatoms. The first kappa shape index (κ1) is 17.5. The first-order chi connectivity index (χ1) is 9.69. The standard InChI is InChI=1S/C15H26N2O4/c1-10-6-4-5-7-11(10)16-14(21)17-12(18)8-15(2,3)9-13(19)20/h10-11H,4-9H2,1-3H3,(H,19,20)(H2,16,17,18,21). The van der Waals surface area contributed by atoms with Gasteiger partial charge >= 0.3 is 12.0 Å². The molecule has 3 amide bonds. The van der Waals surface area contributed by atoms with Gasteiger partial charge in [-0.15, -0.1) is 0 Å². The van der Waals surface area contributed by atoms with Crippen molar-refractivity contribution in [2.75, 3.05) is 0 Å². The van der Waals surface area contributed by atoms with Crippen molar-refractivity contribution in [2.24, 2.45) is 11.3 Å². The molecule has 0 aromatic carbocycles. The fourth-order valence-corrected chi connectivity index (χ4v) is 2.81. The smallest absolute Gasteiger partial charge is 0.321 e. The van der Waals surface area contributed by atoms with Gasteiger partial charge in [0.2, 0.25) is 5.91 Å². The number of imide groups is 1. The van der Waals surface area contributed by atoms with Crippen molar-refractivity contribution < 1.29 is 19.5 Å². The predicted molar refractivity (Wildman–Crippen MR) is 78.7 cm³/mol. The molecule has 1 aliphatic carbocycles. The molecule has 6 nitrogen and oxygen atoms in total. The summed E-state index contributed by atoms with van der Waals surface area (Å²) in [4.78, 5) is 34.3. The summed E-state index contributed by atoms with van der Waals surface area (Å²) >= 11 is 0. The molecule has 3 N–H and O–H groups in total. The molecule has 0 aromatic heterocycles. The van der Waals surface area contributed by atoms with Crippen LogP contribution in [0.4, 0.5) is 4.79 Å². The Balaban J connectivity index is 2.39. The second-order valence-electron chi connectivity index (χ2n) is 6.80. The summed E-state index contributed by atoms with van der Waals surface area (Å²) in [6, 6.07) is -0.372. The van der Waals surface area contributed by atoms with Crippen molar-refractivity contribution in [3.05, 3.63) is 0 Å². The maximum absolute atomic E-state index is 11.8. The zero-order valence-corrected chi connectivity index (χ0v) is 13.1. The van der Waals surface area contributed by atoms with Crippen LogP contribution in [0.1, 0.15) is 59.3 Å². The fourth-order valence-electron chi connectivity index (χ4n) is 2.81. The normalized spacial score (nSPS) is 22.4. The molecule has 0 spiro atoms. The van der Waals surface area contributed by atoms with E-state index in [4.69, 9.17) is 5.11 Å². The largest absolute Gasteiger partial charge is 0.481 e. The molecule has 1 aliphatic rings. The molecule has 1 rings (SSSR count). The Labute approximate surface area is 125 Å². The summed E-state index contributed by atoms with van der Waals surface area (Å²) in [5.41, 5.74) is -0.672. The lowest BCUT2D eigenvalue weighted by Gasteiger charge is -2.29. The summed E-state index contributed by atoms with van der Waals surface area (Å²) in [7, 11) is 0. The number of carbonyl (C=O) groups is 3. The minimum atomic E-state index is -0.951. The zero-order valence-electron chi connectivity index (χ0n) is 13.1. The molecular formula is C15H26N2O4. The highest BCUT2D eigenvalue weighted by molar-refractivity contribution is 5.94. The maximum Gasteiger partial charge on any atom is 0.321 e. The van der Waals surface area contributed by atoms with E-state index in [2.05, 4.69) is 17.6 Å². The van der Waals surface area contributed by atoms with Crippen LogP contribution < -0.4 is 10.6 Å². The number of aliphatic carboxylic acids is 1. The van der Waals surface area contributed by atoms with Gasteiger partial charge in [0.1, 0.15) is 0 Å². The summed E-state index contributed by atoms with van der Waals surface area (Å²) in [6.07, 6.45) is 4.20. The van der Waals surface area contributed by atoms with Crippen LogP contribution in [-0.2, 0) is 9.59 Å². The number of carboxylic acids is 1. The van der Waals surface area contributed by atoms with Crippen LogP contribution >= 0.6 is 0 Å². The molecule has 0 heterocycles. The molecule has 0 radical (unpaired) electrons. The second-order valence-corrected chi connectivity index (χ2v) is 6.80. The number of urea groups is 1. The van der Waals surface area contributed by atoms with Crippen LogP contribution in [0.3, 0.4) is 0 Å². The zero-order chi connectivity index (χ0) is 16.0. The molecule has 0 bridgehead atoms. The van der Waals surface area contributed by atoms with E-state index in [0.717, 1.165) is 19.3 Å². The Bertz CT molecular complexity index is 406. The molecule has 1 fully saturated rings. The van der Waals surface area contributed by atoms with Gasteiger partial charge in [0.05, 0.1) is 6.42 Å². The average molecular weight is 298 g/mol. The monoisotopic (exact) mass is 298 g/mol. The van der Waals surface area contributed by atoms with E-state index in [0.29, 0.717) is 5.92 Å². The van der Waals surface area contributed by atoms with Crippen molar-refractivity contribution in [1.82, 2.24) is 10.6 Å². The molecule has 0 saturated heterocycles. The first-order valence-electron chi connectivity index (χ1n) is 7.52. The van der Waals surface area contributed by atoms with Crippen LogP contribution in [0.15, 0.2) is 0 Å². The van der Waals surface area contributed by atoms with Gasteiger partial charge in [-0.1, -0.05) is 33.6 Å². The Morgan fingerprint density at radius 3 is 2.33 bits per heavy atom. The van der Waals surface area contributed by atoms with Gasteiger partial charge in [0.15, 0.2) is 0 Å². The van der Waals surface area contributed by atoms with Gasteiger partial charge in [-0.05, 0) is 24.2 Å². The maximum atomic E-state index is 11.8. The second kappa shape index (κ2) is 7.43. The van der Waals surface area contributed by atoms with E-state index < -0.39 is 23.3 Å². The van der Waals surface area contributed by atoms with Crippen molar-refractivity contribution >= 4 is 17.9 Å². The van der Waals surface area contributed by atoms with Crippen LogP contribution in [-0.4, -0.2) is 29.1 Å². The average Bonchev–Trinajstić information content (AvgIpc) is 2.28. The number of rotatable bonds is 5. The highest BCUT2D eigenvalue weighted by Gasteiger charge is 2.27. The molecule has 2 atom stereocenters. The summed E-state index contributed by atoms with van der Waals surface area (Å²) in [5.74, 6) is -0.974. The van der Waals surface area contributed by atoms with Gasteiger partial charge in [0.25, 0.3) is 0 Å². The van der Waals surface area contributed by atoms with Crippen molar-refractivity contribution in [3.63, 3.8) is 0 Å². The van der Waals surface area contributed by atoms with Crippen molar-refractivity contribution in [1.29, 1.82) is 0 Å². The number of carboxylic acid groups (broad SMARTS) is 1. The molecule has 2 unspecified atom stereocenters. The Hall–Kier alpha value is -1.59. The minimum absolute atomic E-state index is 0.00689. The third-order valence-corrected chi connectivity index (χ3v) is 3.95. The van der Waals surface area contributed by atoms with Crippen LogP contribution in [0.5, 0.6) is 0 Å². The van der Waals surface area contributed by atoms with Gasteiger partial charge in [-0.2, -0.15) is 0 Å². The van der Waals surface area contributed by atoms with E-state index in [1.54, 1.807) is 13.8 Å². The van der Waals surface area contributed by atoms with E-state index >= 15 is 0 Å². The predicted octanol–water partition coefficient (Wildman–Crippen LogP) is 2.28. The van der Waals surface area contributed by atoms with Crippen LogP contribution in [0, 0.1) is 11.3 Å². The quantitative estimate of drug-likeness (QED) is 0.725. The molecule has 21 heavy (non-hydrogen) atoms. The Kier molecular flexibility index (Phi) is 6.18. The number of nitrogens with one attached hydrogen (secondary N) is 2. The first-order valence-corrected chi connectivity index (χ1v) is 7.52. The number of carbonyl (C=O) groups excluding carboxylic acids is 2. The summed E-state index contributed by atoms with van der Waals surface area (Å²) in [5, 5.41) is 13.9. The summed E-state index contributed by atoms with van der Waals surface area (Å²) < 4.78 is 0. The lowest BCUT2D eigenvalue weighted by molar-refractivity contribution is -0.139. The lowest BCUT2D eigenvalue weighted by atomic mass is 9.85. The minimum Gasteiger partial charge on any atom is -0.481 e. The molecule has 1 saturated carbocycles. The molecular weight excluding hydrogens is 272 g/mol. The topological polar surface area (TPSA) is 95.5 Å². The van der Waals surface area contributed by atoms with Gasteiger partial charge in [-0.3, -0.25) is 14.9 Å². The van der Waals surface area contributed by atoms with Crippen molar-refractivity contribution in [2.45, 2.75) is 65.3 Å². The lowest BCUT2D eigenvalue weighted by Crippen LogP contribution is -2.48. The van der Waals surface area contributed by atoms with Crippen LogP contribution in [0.2, 0.25) is 0 Å².